The maximum Gasteiger partial charge on any atom is 0.272 e. The fourth-order valence-corrected chi connectivity index (χ4v) is 1.20. The SMILES string of the molecule is C=CCNC(=O)c1cc2cccnn2n1. The van der Waals surface area contributed by atoms with E-state index >= 15 is 0 Å². The highest BCUT2D eigenvalue weighted by Gasteiger charge is 2.09. The fraction of sp³-hybridized carbons (Fsp3) is 0.100. The van der Waals surface area contributed by atoms with Gasteiger partial charge in [0.25, 0.3) is 5.91 Å². The third kappa shape index (κ3) is 1.85. The predicted molar refractivity (Wildman–Crippen MR) is 55.5 cm³/mol. The van der Waals surface area contributed by atoms with E-state index in [0.717, 1.165) is 5.52 Å². The van der Waals surface area contributed by atoms with Gasteiger partial charge >= 0.3 is 0 Å². The zero-order valence-electron chi connectivity index (χ0n) is 8.05. The Bertz CT molecular complexity index is 470. The van der Waals surface area contributed by atoms with Gasteiger partial charge in [0.2, 0.25) is 0 Å². The third-order valence-corrected chi connectivity index (χ3v) is 1.89. The van der Waals surface area contributed by atoms with Crippen LogP contribution in [-0.2, 0) is 0 Å². The molecule has 0 fully saturated rings. The number of fused-ring (bicyclic) bond motifs is 1. The van der Waals surface area contributed by atoms with Crippen LogP contribution in [0.3, 0.4) is 0 Å². The summed E-state index contributed by atoms with van der Waals surface area (Å²) in [7, 11) is 0. The van der Waals surface area contributed by atoms with Crippen LogP contribution >= 0.6 is 0 Å². The molecule has 5 nitrogen and oxygen atoms in total. The molecule has 2 heterocycles. The first-order chi connectivity index (χ1) is 7.31. The number of amides is 1. The van der Waals surface area contributed by atoms with Crippen LogP contribution in [0.2, 0.25) is 0 Å². The molecule has 0 aromatic carbocycles. The van der Waals surface area contributed by atoms with Crippen molar-refractivity contribution in [1.29, 1.82) is 0 Å². The van der Waals surface area contributed by atoms with Crippen LogP contribution in [0.5, 0.6) is 0 Å². The van der Waals surface area contributed by atoms with Crippen LogP contribution in [0, 0.1) is 0 Å². The van der Waals surface area contributed by atoms with Crippen molar-refractivity contribution in [1.82, 2.24) is 20.1 Å². The molecule has 76 valence electrons. The van der Waals surface area contributed by atoms with Crippen LogP contribution in [0.1, 0.15) is 10.5 Å². The van der Waals surface area contributed by atoms with Crippen molar-refractivity contribution < 1.29 is 4.79 Å². The topological polar surface area (TPSA) is 59.3 Å². The maximum absolute atomic E-state index is 11.5. The number of nitrogens with zero attached hydrogens (tertiary/aromatic N) is 3. The molecule has 5 heteroatoms. The zero-order chi connectivity index (χ0) is 10.7. The Morgan fingerprint density at radius 2 is 2.53 bits per heavy atom. The molecule has 2 rings (SSSR count). The van der Waals surface area contributed by atoms with Crippen molar-refractivity contribution in [3.8, 4) is 0 Å². The monoisotopic (exact) mass is 202 g/mol. The second-order valence-corrected chi connectivity index (χ2v) is 2.97. The van der Waals surface area contributed by atoms with E-state index in [9.17, 15) is 4.79 Å². The van der Waals surface area contributed by atoms with E-state index in [4.69, 9.17) is 0 Å². The van der Waals surface area contributed by atoms with E-state index in [1.165, 1.54) is 4.63 Å². The summed E-state index contributed by atoms with van der Waals surface area (Å²) in [5, 5.41) is 10.6. The van der Waals surface area contributed by atoms with Gasteiger partial charge in [-0.05, 0) is 18.2 Å². The molecular formula is C10H10N4O. The summed E-state index contributed by atoms with van der Waals surface area (Å²) >= 11 is 0. The van der Waals surface area contributed by atoms with Crippen molar-refractivity contribution in [3.63, 3.8) is 0 Å². The first kappa shape index (κ1) is 9.39. The van der Waals surface area contributed by atoms with Gasteiger partial charge in [0, 0.05) is 12.7 Å². The Hall–Kier alpha value is -2.17. The zero-order valence-corrected chi connectivity index (χ0v) is 8.05. The van der Waals surface area contributed by atoms with Crippen LogP contribution in [0.15, 0.2) is 37.1 Å². The first-order valence-electron chi connectivity index (χ1n) is 4.51. The first-order valence-corrected chi connectivity index (χ1v) is 4.51. The molecule has 0 radical (unpaired) electrons. The Kier molecular flexibility index (Phi) is 2.45. The Morgan fingerprint density at radius 3 is 3.27 bits per heavy atom. The van der Waals surface area contributed by atoms with Gasteiger partial charge in [-0.3, -0.25) is 4.79 Å². The summed E-state index contributed by atoms with van der Waals surface area (Å²) in [6, 6.07) is 5.32. The molecule has 1 N–H and O–H groups in total. The highest BCUT2D eigenvalue weighted by molar-refractivity contribution is 5.93. The van der Waals surface area contributed by atoms with Gasteiger partial charge in [-0.15, -0.1) is 11.7 Å². The fourth-order valence-electron chi connectivity index (χ4n) is 1.20. The summed E-state index contributed by atoms with van der Waals surface area (Å²) in [6.07, 6.45) is 3.23. The summed E-state index contributed by atoms with van der Waals surface area (Å²) in [5.74, 6) is -0.222. The minimum atomic E-state index is -0.222. The number of rotatable bonds is 3. The molecular weight excluding hydrogens is 192 g/mol. The molecule has 0 aliphatic heterocycles. The normalized spacial score (nSPS) is 10.1. The average molecular weight is 202 g/mol. The van der Waals surface area contributed by atoms with Gasteiger partial charge < -0.3 is 5.32 Å². The Morgan fingerprint density at radius 1 is 1.67 bits per heavy atom. The number of hydrogen-bond acceptors (Lipinski definition) is 3. The van der Waals surface area contributed by atoms with Crippen molar-refractivity contribution in [3.05, 3.63) is 42.7 Å². The third-order valence-electron chi connectivity index (χ3n) is 1.89. The van der Waals surface area contributed by atoms with E-state index in [0.29, 0.717) is 12.2 Å². The van der Waals surface area contributed by atoms with Gasteiger partial charge in [0.05, 0.1) is 5.52 Å². The lowest BCUT2D eigenvalue weighted by molar-refractivity contribution is 0.0952. The van der Waals surface area contributed by atoms with E-state index < -0.39 is 0 Å². The van der Waals surface area contributed by atoms with Crippen molar-refractivity contribution >= 4 is 11.4 Å². The van der Waals surface area contributed by atoms with Crippen LogP contribution in [0.4, 0.5) is 0 Å². The molecule has 1 amide bonds. The lowest BCUT2D eigenvalue weighted by Gasteiger charge is -1.95. The van der Waals surface area contributed by atoms with Crippen molar-refractivity contribution in [2.75, 3.05) is 6.54 Å². The second kappa shape index (κ2) is 3.91. The number of carbonyl (C=O) groups excluding carboxylic acids is 1. The molecule has 0 atom stereocenters. The summed E-state index contributed by atoms with van der Waals surface area (Å²) < 4.78 is 1.42. The molecule has 0 aliphatic rings. The van der Waals surface area contributed by atoms with Crippen LogP contribution < -0.4 is 5.32 Å². The second-order valence-electron chi connectivity index (χ2n) is 2.97. The summed E-state index contributed by atoms with van der Waals surface area (Å²) in [4.78, 5) is 11.5. The number of carbonyl (C=O) groups is 1. The largest absolute Gasteiger partial charge is 0.347 e. The lowest BCUT2D eigenvalue weighted by atomic mass is 10.3. The number of nitrogens with one attached hydrogen (secondary N) is 1. The molecule has 0 saturated carbocycles. The van der Waals surface area contributed by atoms with Gasteiger partial charge in [0.15, 0.2) is 5.69 Å². The Balaban J connectivity index is 2.28. The quantitative estimate of drug-likeness (QED) is 0.743. The number of aromatic nitrogens is 3. The van der Waals surface area contributed by atoms with Crippen LogP contribution in [-0.4, -0.2) is 27.3 Å². The van der Waals surface area contributed by atoms with E-state index in [1.54, 1.807) is 24.4 Å². The Labute approximate surface area is 86.4 Å². The van der Waals surface area contributed by atoms with Gasteiger partial charge in [-0.2, -0.15) is 9.73 Å². The summed E-state index contributed by atoms with van der Waals surface area (Å²) in [6.45, 7) is 3.95. The van der Waals surface area contributed by atoms with E-state index in [2.05, 4.69) is 22.1 Å². The standard InChI is InChI=1S/C10H10N4O/c1-2-5-11-10(15)9-7-8-4-3-6-12-14(8)13-9/h2-4,6-7H,1,5H2,(H,11,15). The lowest BCUT2D eigenvalue weighted by Crippen LogP contribution is -2.23. The van der Waals surface area contributed by atoms with Gasteiger partial charge in [-0.25, -0.2) is 0 Å². The van der Waals surface area contributed by atoms with E-state index in [1.807, 2.05) is 6.07 Å². The van der Waals surface area contributed by atoms with Crippen molar-refractivity contribution in [2.24, 2.45) is 0 Å². The molecule has 15 heavy (non-hydrogen) atoms. The summed E-state index contributed by atoms with van der Waals surface area (Å²) in [5.41, 5.74) is 1.15. The van der Waals surface area contributed by atoms with Gasteiger partial charge in [0.1, 0.15) is 0 Å². The van der Waals surface area contributed by atoms with E-state index in [-0.39, 0.29) is 5.91 Å². The molecule has 0 bridgehead atoms. The minimum Gasteiger partial charge on any atom is -0.347 e. The average Bonchev–Trinajstić information content (AvgIpc) is 2.69. The molecule has 2 aromatic heterocycles. The molecule has 0 aliphatic carbocycles. The van der Waals surface area contributed by atoms with Gasteiger partial charge in [-0.1, -0.05) is 6.08 Å². The molecule has 0 saturated heterocycles. The van der Waals surface area contributed by atoms with Crippen molar-refractivity contribution in [2.45, 2.75) is 0 Å². The number of hydrogen-bond donors (Lipinski definition) is 1. The molecule has 0 unspecified atom stereocenters. The minimum absolute atomic E-state index is 0.222. The highest BCUT2D eigenvalue weighted by atomic mass is 16.1. The maximum atomic E-state index is 11.5. The van der Waals surface area contributed by atoms with Crippen LogP contribution in [0.25, 0.3) is 5.52 Å². The molecule has 0 spiro atoms. The predicted octanol–water partition coefficient (Wildman–Crippen LogP) is 0.645. The molecule has 2 aromatic rings. The smallest absolute Gasteiger partial charge is 0.272 e. The highest BCUT2D eigenvalue weighted by Crippen LogP contribution is 2.03.